The zero-order valence-corrected chi connectivity index (χ0v) is 16.4. The molecular formula is C19H17F3N4O3S. The SMILES string of the molecule is O=C(Cn1c(=O)[nH]c2ccsc2c1=O)N1CCN(c2cccc(C(F)(F)F)c2)CC1. The number of fused-ring (bicyclic) bond motifs is 1. The quantitative estimate of drug-likeness (QED) is 0.680. The molecule has 0 atom stereocenters. The Bertz CT molecular complexity index is 1210. The van der Waals surface area contributed by atoms with Crippen LogP contribution in [0.15, 0.2) is 45.3 Å². The molecule has 11 heteroatoms. The third kappa shape index (κ3) is 3.84. The molecule has 1 saturated heterocycles. The molecule has 0 saturated carbocycles. The van der Waals surface area contributed by atoms with Gasteiger partial charge in [0.1, 0.15) is 11.2 Å². The molecule has 1 aliphatic heterocycles. The van der Waals surface area contributed by atoms with Crippen LogP contribution in [-0.4, -0.2) is 46.5 Å². The molecule has 3 heterocycles. The maximum atomic E-state index is 12.9. The molecule has 1 aromatic carbocycles. The first kappa shape index (κ1) is 20.2. The van der Waals surface area contributed by atoms with E-state index in [4.69, 9.17) is 0 Å². The molecule has 2 aromatic heterocycles. The molecule has 0 unspecified atom stereocenters. The first-order valence-electron chi connectivity index (χ1n) is 9.14. The van der Waals surface area contributed by atoms with Crippen molar-refractivity contribution < 1.29 is 18.0 Å². The van der Waals surface area contributed by atoms with E-state index >= 15 is 0 Å². The van der Waals surface area contributed by atoms with Crippen molar-refractivity contribution in [3.63, 3.8) is 0 Å². The second-order valence-corrected chi connectivity index (χ2v) is 7.82. The number of hydrogen-bond acceptors (Lipinski definition) is 5. The lowest BCUT2D eigenvalue weighted by atomic mass is 10.1. The summed E-state index contributed by atoms with van der Waals surface area (Å²) < 4.78 is 40.0. The van der Waals surface area contributed by atoms with Crippen LogP contribution < -0.4 is 16.1 Å². The number of aromatic amines is 1. The number of nitrogens with one attached hydrogen (secondary N) is 1. The molecule has 7 nitrogen and oxygen atoms in total. The van der Waals surface area contributed by atoms with Gasteiger partial charge in [-0.25, -0.2) is 9.36 Å². The Morgan fingerprint density at radius 3 is 2.53 bits per heavy atom. The summed E-state index contributed by atoms with van der Waals surface area (Å²) in [6.07, 6.45) is -4.42. The number of aromatic nitrogens is 2. The fourth-order valence-corrected chi connectivity index (χ4v) is 4.24. The third-order valence-electron chi connectivity index (χ3n) is 5.06. The smallest absolute Gasteiger partial charge is 0.368 e. The van der Waals surface area contributed by atoms with Crippen LogP contribution >= 0.6 is 11.3 Å². The van der Waals surface area contributed by atoms with Gasteiger partial charge >= 0.3 is 11.9 Å². The molecule has 3 aromatic rings. The van der Waals surface area contributed by atoms with E-state index in [0.717, 1.165) is 16.7 Å². The molecule has 0 spiro atoms. The van der Waals surface area contributed by atoms with Crippen LogP contribution in [0.2, 0.25) is 0 Å². The maximum absolute atomic E-state index is 12.9. The summed E-state index contributed by atoms with van der Waals surface area (Å²) in [5.74, 6) is -0.387. The summed E-state index contributed by atoms with van der Waals surface area (Å²) in [5.41, 5.74) is -1.01. The van der Waals surface area contributed by atoms with Gasteiger partial charge in [0.15, 0.2) is 0 Å². The number of carbonyl (C=O) groups excluding carboxylic acids is 1. The van der Waals surface area contributed by atoms with E-state index in [-0.39, 0.29) is 25.5 Å². The van der Waals surface area contributed by atoms with Gasteiger partial charge in [-0.1, -0.05) is 6.07 Å². The zero-order chi connectivity index (χ0) is 21.5. The molecule has 0 bridgehead atoms. The normalized spacial score (nSPS) is 15.0. The van der Waals surface area contributed by atoms with Crippen LogP contribution in [0, 0.1) is 0 Å². The molecule has 4 rings (SSSR count). The number of benzene rings is 1. The minimum absolute atomic E-state index is 0.281. The van der Waals surface area contributed by atoms with Gasteiger partial charge in [0.05, 0.1) is 11.1 Å². The molecule has 158 valence electrons. The summed E-state index contributed by atoms with van der Waals surface area (Å²) in [7, 11) is 0. The minimum atomic E-state index is -4.42. The van der Waals surface area contributed by atoms with Crippen molar-refractivity contribution in [1.82, 2.24) is 14.5 Å². The predicted molar refractivity (Wildman–Crippen MR) is 107 cm³/mol. The fourth-order valence-electron chi connectivity index (χ4n) is 3.44. The van der Waals surface area contributed by atoms with Gasteiger partial charge in [-0.2, -0.15) is 13.2 Å². The Balaban J connectivity index is 1.44. The van der Waals surface area contributed by atoms with Crippen molar-refractivity contribution >= 4 is 33.1 Å². The topological polar surface area (TPSA) is 78.4 Å². The Morgan fingerprint density at radius 2 is 1.83 bits per heavy atom. The Labute approximate surface area is 172 Å². The fraction of sp³-hybridized carbons (Fsp3) is 0.316. The third-order valence-corrected chi connectivity index (χ3v) is 5.96. The predicted octanol–water partition coefficient (Wildman–Crippen LogP) is 2.12. The summed E-state index contributed by atoms with van der Waals surface area (Å²) in [5, 5.41) is 1.68. The highest BCUT2D eigenvalue weighted by Crippen LogP contribution is 2.31. The van der Waals surface area contributed by atoms with Gasteiger partial charge < -0.3 is 14.8 Å². The van der Waals surface area contributed by atoms with E-state index in [2.05, 4.69) is 4.98 Å². The Morgan fingerprint density at radius 1 is 1.10 bits per heavy atom. The van der Waals surface area contributed by atoms with E-state index in [1.165, 1.54) is 22.3 Å². The van der Waals surface area contributed by atoms with Gasteiger partial charge in [-0.05, 0) is 29.6 Å². The number of hydrogen-bond donors (Lipinski definition) is 1. The van der Waals surface area contributed by atoms with Crippen LogP contribution in [0.5, 0.6) is 0 Å². The minimum Gasteiger partial charge on any atom is -0.368 e. The van der Waals surface area contributed by atoms with Crippen LogP contribution in [0.1, 0.15) is 5.56 Å². The highest BCUT2D eigenvalue weighted by atomic mass is 32.1. The monoisotopic (exact) mass is 438 g/mol. The maximum Gasteiger partial charge on any atom is 0.416 e. The van der Waals surface area contributed by atoms with Gasteiger partial charge in [-0.3, -0.25) is 9.59 Å². The second kappa shape index (κ2) is 7.63. The van der Waals surface area contributed by atoms with Crippen LogP contribution in [0.4, 0.5) is 18.9 Å². The van der Waals surface area contributed by atoms with Crippen molar-refractivity contribution in [2.24, 2.45) is 0 Å². The number of carbonyl (C=O) groups is 1. The summed E-state index contributed by atoms with van der Waals surface area (Å²) >= 11 is 1.19. The molecule has 0 aliphatic carbocycles. The standard InChI is InChI=1S/C19H17F3N4O3S/c20-19(21,22)12-2-1-3-13(10-12)24-5-7-25(8-6-24)15(27)11-26-17(28)16-14(4-9-30-16)23-18(26)29/h1-4,9-10H,5-8,11H2,(H,23,29). The van der Waals surface area contributed by atoms with Crippen molar-refractivity contribution in [3.8, 4) is 0 Å². The number of amides is 1. The lowest BCUT2D eigenvalue weighted by molar-refractivity contribution is -0.137. The number of nitrogens with zero attached hydrogens (tertiary/aromatic N) is 3. The number of piperazine rings is 1. The first-order valence-corrected chi connectivity index (χ1v) is 10.0. The molecule has 1 fully saturated rings. The van der Waals surface area contributed by atoms with E-state index < -0.39 is 23.0 Å². The van der Waals surface area contributed by atoms with Crippen LogP contribution in [-0.2, 0) is 17.5 Å². The van der Waals surface area contributed by atoms with Crippen LogP contribution in [0.3, 0.4) is 0 Å². The summed E-state index contributed by atoms with van der Waals surface area (Å²) in [6, 6.07) is 6.69. The zero-order valence-electron chi connectivity index (χ0n) is 15.6. The summed E-state index contributed by atoms with van der Waals surface area (Å²) in [4.78, 5) is 43.1. The lowest BCUT2D eigenvalue weighted by Gasteiger charge is -2.36. The number of thiophene rings is 1. The van der Waals surface area contributed by atoms with E-state index in [1.807, 2.05) is 0 Å². The molecular weight excluding hydrogens is 421 g/mol. The van der Waals surface area contributed by atoms with Crippen molar-refractivity contribution in [1.29, 1.82) is 0 Å². The van der Waals surface area contributed by atoms with Gasteiger partial charge in [0.25, 0.3) is 5.56 Å². The molecule has 1 amide bonds. The largest absolute Gasteiger partial charge is 0.416 e. The van der Waals surface area contributed by atoms with Gasteiger partial charge in [0, 0.05) is 31.9 Å². The average Bonchev–Trinajstić information content (AvgIpc) is 3.19. The second-order valence-electron chi connectivity index (χ2n) is 6.90. The highest BCUT2D eigenvalue weighted by Gasteiger charge is 2.31. The highest BCUT2D eigenvalue weighted by molar-refractivity contribution is 7.17. The molecule has 30 heavy (non-hydrogen) atoms. The van der Waals surface area contributed by atoms with Gasteiger partial charge in [-0.15, -0.1) is 11.3 Å². The number of H-pyrrole nitrogens is 1. The van der Waals surface area contributed by atoms with Crippen molar-refractivity contribution in [2.45, 2.75) is 12.7 Å². The average molecular weight is 438 g/mol. The summed E-state index contributed by atoms with van der Waals surface area (Å²) in [6.45, 7) is 0.877. The number of alkyl halides is 3. The van der Waals surface area contributed by atoms with Gasteiger partial charge in [0.2, 0.25) is 5.91 Å². The lowest BCUT2D eigenvalue weighted by Crippen LogP contribution is -2.51. The number of halogens is 3. The van der Waals surface area contributed by atoms with E-state index in [0.29, 0.717) is 29.0 Å². The number of anilines is 1. The first-order chi connectivity index (χ1) is 14.2. The van der Waals surface area contributed by atoms with E-state index in [1.54, 1.807) is 22.4 Å². The molecule has 0 radical (unpaired) electrons. The molecule has 1 N–H and O–H groups in total. The number of rotatable bonds is 3. The van der Waals surface area contributed by atoms with Crippen molar-refractivity contribution in [3.05, 3.63) is 62.1 Å². The van der Waals surface area contributed by atoms with Crippen LogP contribution in [0.25, 0.3) is 10.2 Å². The Kier molecular flexibility index (Phi) is 5.14. The van der Waals surface area contributed by atoms with E-state index in [9.17, 15) is 27.6 Å². The van der Waals surface area contributed by atoms with Crippen molar-refractivity contribution in [2.75, 3.05) is 31.1 Å². The molecule has 1 aliphatic rings. The Hall–Kier alpha value is -3.08.